The van der Waals surface area contributed by atoms with Crippen molar-refractivity contribution in [3.63, 3.8) is 0 Å². The van der Waals surface area contributed by atoms with E-state index < -0.39 is 0 Å². The van der Waals surface area contributed by atoms with Crippen molar-refractivity contribution in [1.29, 1.82) is 0 Å². The molecular formula is C15H21ClN2O2. The van der Waals surface area contributed by atoms with Gasteiger partial charge in [-0.05, 0) is 49.9 Å². The summed E-state index contributed by atoms with van der Waals surface area (Å²) in [6.07, 6.45) is 1.95. The maximum Gasteiger partial charge on any atom is 0.277 e. The van der Waals surface area contributed by atoms with E-state index in [1.807, 2.05) is 6.92 Å². The van der Waals surface area contributed by atoms with Gasteiger partial charge in [-0.25, -0.2) is 5.43 Å². The molecule has 1 aromatic rings. The SMILES string of the molecule is C/C(CCC(C)C)=N\NC(=O)COc1ccc(Cl)cc1. The van der Waals surface area contributed by atoms with E-state index in [9.17, 15) is 4.79 Å². The number of halogens is 1. The quantitative estimate of drug-likeness (QED) is 0.617. The Bertz CT molecular complexity index is 455. The van der Waals surface area contributed by atoms with E-state index in [0.29, 0.717) is 16.7 Å². The van der Waals surface area contributed by atoms with Gasteiger partial charge in [0.25, 0.3) is 5.91 Å². The van der Waals surface area contributed by atoms with Crippen LogP contribution in [0.5, 0.6) is 5.75 Å². The van der Waals surface area contributed by atoms with Crippen LogP contribution in [0.15, 0.2) is 29.4 Å². The van der Waals surface area contributed by atoms with Crippen molar-refractivity contribution >= 4 is 23.2 Å². The summed E-state index contributed by atoms with van der Waals surface area (Å²) in [5.41, 5.74) is 3.40. The number of nitrogens with one attached hydrogen (secondary N) is 1. The second-order valence-corrected chi connectivity index (χ2v) is 5.49. The van der Waals surface area contributed by atoms with Crippen LogP contribution < -0.4 is 10.2 Å². The van der Waals surface area contributed by atoms with Crippen LogP contribution in [0.4, 0.5) is 0 Å². The molecule has 1 aromatic carbocycles. The van der Waals surface area contributed by atoms with E-state index in [2.05, 4.69) is 24.4 Å². The minimum absolute atomic E-state index is 0.0669. The van der Waals surface area contributed by atoms with E-state index in [0.717, 1.165) is 18.6 Å². The fourth-order valence-corrected chi connectivity index (χ4v) is 1.55. The van der Waals surface area contributed by atoms with Crippen molar-refractivity contribution in [2.75, 3.05) is 6.61 Å². The minimum atomic E-state index is -0.274. The van der Waals surface area contributed by atoms with E-state index in [4.69, 9.17) is 16.3 Å². The molecule has 0 saturated heterocycles. The summed E-state index contributed by atoms with van der Waals surface area (Å²) in [5, 5.41) is 4.67. The van der Waals surface area contributed by atoms with Gasteiger partial charge in [-0.15, -0.1) is 0 Å². The first kappa shape index (κ1) is 16.5. The van der Waals surface area contributed by atoms with E-state index in [1.54, 1.807) is 24.3 Å². The summed E-state index contributed by atoms with van der Waals surface area (Å²) in [5.74, 6) is 0.956. The molecule has 1 rings (SSSR count). The molecule has 1 N–H and O–H groups in total. The van der Waals surface area contributed by atoms with Gasteiger partial charge in [-0.3, -0.25) is 4.79 Å². The number of hydrogen-bond donors (Lipinski definition) is 1. The van der Waals surface area contributed by atoms with Crippen molar-refractivity contribution in [3.05, 3.63) is 29.3 Å². The molecule has 1 amide bonds. The molecule has 0 aromatic heterocycles. The average molecular weight is 297 g/mol. The molecule has 0 aliphatic carbocycles. The predicted molar refractivity (Wildman–Crippen MR) is 82.3 cm³/mol. The minimum Gasteiger partial charge on any atom is -0.484 e. The van der Waals surface area contributed by atoms with Crippen LogP contribution in [0.3, 0.4) is 0 Å². The lowest BCUT2D eigenvalue weighted by Crippen LogP contribution is -2.25. The topological polar surface area (TPSA) is 50.7 Å². The molecule has 0 atom stereocenters. The summed E-state index contributed by atoms with van der Waals surface area (Å²) in [6.45, 7) is 6.16. The number of hydrogen-bond acceptors (Lipinski definition) is 3. The van der Waals surface area contributed by atoms with Crippen LogP contribution in [0, 0.1) is 5.92 Å². The molecule has 4 nitrogen and oxygen atoms in total. The third kappa shape index (κ3) is 7.14. The maximum atomic E-state index is 11.6. The molecule has 0 spiro atoms. The van der Waals surface area contributed by atoms with Gasteiger partial charge >= 0.3 is 0 Å². The van der Waals surface area contributed by atoms with Crippen molar-refractivity contribution in [3.8, 4) is 5.75 Å². The molecule has 0 bridgehead atoms. The summed E-state index contributed by atoms with van der Waals surface area (Å²) < 4.78 is 5.31. The lowest BCUT2D eigenvalue weighted by molar-refractivity contribution is -0.123. The number of benzene rings is 1. The van der Waals surface area contributed by atoms with Crippen LogP contribution in [-0.2, 0) is 4.79 Å². The fraction of sp³-hybridized carbons (Fsp3) is 0.467. The van der Waals surface area contributed by atoms with Crippen LogP contribution in [-0.4, -0.2) is 18.2 Å². The molecule has 0 aliphatic heterocycles. The van der Waals surface area contributed by atoms with Gasteiger partial charge in [0.15, 0.2) is 6.61 Å². The van der Waals surface area contributed by atoms with Crippen LogP contribution in [0.25, 0.3) is 0 Å². The third-order valence-electron chi connectivity index (χ3n) is 2.64. The largest absolute Gasteiger partial charge is 0.484 e. The Morgan fingerprint density at radius 3 is 2.60 bits per heavy atom. The summed E-state index contributed by atoms with van der Waals surface area (Å²) in [4.78, 5) is 11.6. The van der Waals surface area contributed by atoms with Crippen molar-refractivity contribution in [2.45, 2.75) is 33.6 Å². The summed E-state index contributed by atoms with van der Waals surface area (Å²) in [6, 6.07) is 6.85. The van der Waals surface area contributed by atoms with Gasteiger partial charge in [0.1, 0.15) is 5.75 Å². The summed E-state index contributed by atoms with van der Waals surface area (Å²) >= 11 is 5.76. The Kier molecular flexibility index (Phi) is 7.09. The van der Waals surface area contributed by atoms with E-state index >= 15 is 0 Å². The van der Waals surface area contributed by atoms with E-state index in [1.165, 1.54) is 0 Å². The Morgan fingerprint density at radius 1 is 1.35 bits per heavy atom. The summed E-state index contributed by atoms with van der Waals surface area (Å²) in [7, 11) is 0. The van der Waals surface area contributed by atoms with Gasteiger partial charge in [0, 0.05) is 10.7 Å². The molecule has 0 heterocycles. The van der Waals surface area contributed by atoms with Crippen LogP contribution in [0.1, 0.15) is 33.6 Å². The molecule has 110 valence electrons. The molecule has 0 fully saturated rings. The number of rotatable bonds is 7. The molecule has 0 aliphatic rings. The average Bonchev–Trinajstić information content (AvgIpc) is 2.42. The first-order valence-electron chi connectivity index (χ1n) is 6.67. The third-order valence-corrected chi connectivity index (χ3v) is 2.89. The van der Waals surface area contributed by atoms with Crippen molar-refractivity contribution in [2.24, 2.45) is 11.0 Å². The second kappa shape index (κ2) is 8.59. The number of nitrogens with zero attached hydrogens (tertiary/aromatic N) is 1. The number of ether oxygens (including phenoxy) is 1. The maximum absolute atomic E-state index is 11.6. The number of amides is 1. The normalized spacial score (nSPS) is 11.6. The highest BCUT2D eigenvalue weighted by Gasteiger charge is 2.02. The van der Waals surface area contributed by atoms with Gasteiger partial charge in [0.05, 0.1) is 0 Å². The zero-order chi connectivity index (χ0) is 15.0. The van der Waals surface area contributed by atoms with Gasteiger partial charge in [0.2, 0.25) is 0 Å². The van der Waals surface area contributed by atoms with Crippen molar-refractivity contribution in [1.82, 2.24) is 5.43 Å². The first-order chi connectivity index (χ1) is 9.47. The lowest BCUT2D eigenvalue weighted by atomic mass is 10.1. The Labute approximate surface area is 125 Å². The molecule has 20 heavy (non-hydrogen) atoms. The zero-order valence-electron chi connectivity index (χ0n) is 12.1. The predicted octanol–water partition coefficient (Wildman–Crippen LogP) is 3.65. The molecular weight excluding hydrogens is 276 g/mol. The van der Waals surface area contributed by atoms with Crippen molar-refractivity contribution < 1.29 is 9.53 Å². The molecule has 0 unspecified atom stereocenters. The van der Waals surface area contributed by atoms with Crippen LogP contribution in [0.2, 0.25) is 5.02 Å². The Morgan fingerprint density at radius 2 is 2.00 bits per heavy atom. The Balaban J connectivity index is 2.29. The first-order valence-corrected chi connectivity index (χ1v) is 7.05. The van der Waals surface area contributed by atoms with Gasteiger partial charge in [-0.2, -0.15) is 5.10 Å². The smallest absolute Gasteiger partial charge is 0.277 e. The fourth-order valence-electron chi connectivity index (χ4n) is 1.42. The molecule has 0 radical (unpaired) electrons. The number of carbonyl (C=O) groups excluding carboxylic acids is 1. The Hall–Kier alpha value is -1.55. The van der Waals surface area contributed by atoms with Crippen LogP contribution >= 0.6 is 11.6 Å². The molecule has 5 heteroatoms. The van der Waals surface area contributed by atoms with Gasteiger partial charge < -0.3 is 4.74 Å². The second-order valence-electron chi connectivity index (χ2n) is 5.06. The highest BCUT2D eigenvalue weighted by molar-refractivity contribution is 6.30. The standard InChI is InChI=1S/C15H21ClN2O2/c1-11(2)4-5-12(3)17-18-15(19)10-20-14-8-6-13(16)7-9-14/h6-9,11H,4-5,10H2,1-3H3,(H,18,19)/b17-12+. The number of hydrazone groups is 1. The molecule has 0 saturated carbocycles. The van der Waals surface area contributed by atoms with E-state index in [-0.39, 0.29) is 12.5 Å². The zero-order valence-corrected chi connectivity index (χ0v) is 12.9. The monoisotopic (exact) mass is 296 g/mol. The van der Waals surface area contributed by atoms with Gasteiger partial charge in [-0.1, -0.05) is 25.4 Å². The lowest BCUT2D eigenvalue weighted by Gasteiger charge is -2.06. The highest BCUT2D eigenvalue weighted by atomic mass is 35.5. The highest BCUT2D eigenvalue weighted by Crippen LogP contribution is 2.15. The number of carbonyl (C=O) groups is 1.